The van der Waals surface area contributed by atoms with Gasteiger partial charge in [0.15, 0.2) is 8.32 Å². The molecule has 2 aromatic rings. The number of esters is 2. The quantitative estimate of drug-likeness (QED) is 0.104. The molecule has 0 aliphatic carbocycles. The topological polar surface area (TPSA) is 159 Å². The largest absolute Gasteiger partial charge is 0.460 e. The van der Waals surface area contributed by atoms with Crippen LogP contribution in [0.3, 0.4) is 0 Å². The molecule has 2 aromatic carbocycles. The predicted molar refractivity (Wildman–Crippen MR) is 215 cm³/mol. The van der Waals surface area contributed by atoms with Gasteiger partial charge in [0.2, 0.25) is 5.91 Å². The molecule has 0 spiro atoms. The van der Waals surface area contributed by atoms with E-state index >= 15 is 0 Å². The SMILES string of the molecule is CC(=O)O[C@@H]1CCN(C(=O)[C@@H](NC(=O)OC(C)(C)C)C(C)C)[C@@H]1[C@H](CCO[Si](C)(C)C(C)(C)C)OC(=O)[C@H](Cc1ccccc1)NC(=O)OCc1ccccc1. The average Bonchev–Trinajstić information content (AvgIpc) is 3.50. The summed E-state index contributed by atoms with van der Waals surface area (Å²) in [6.07, 6.45) is -2.95. The number of ether oxygens (including phenoxy) is 4. The molecule has 1 heterocycles. The smallest absolute Gasteiger partial charge is 0.408 e. The first-order valence-electron chi connectivity index (χ1n) is 19.4. The van der Waals surface area contributed by atoms with E-state index in [2.05, 4.69) is 44.5 Å². The molecule has 5 atom stereocenters. The van der Waals surface area contributed by atoms with E-state index in [0.717, 1.165) is 11.1 Å². The van der Waals surface area contributed by atoms with Crippen molar-refractivity contribution in [3.8, 4) is 0 Å². The van der Waals surface area contributed by atoms with Crippen molar-refractivity contribution in [3.05, 3.63) is 71.8 Å². The van der Waals surface area contributed by atoms with Crippen LogP contribution in [0, 0.1) is 5.92 Å². The van der Waals surface area contributed by atoms with Gasteiger partial charge in [-0.2, -0.15) is 0 Å². The lowest BCUT2D eigenvalue weighted by Gasteiger charge is -2.39. The highest BCUT2D eigenvalue weighted by Gasteiger charge is 2.48. The third-order valence-electron chi connectivity index (χ3n) is 9.99. The molecule has 13 nitrogen and oxygen atoms in total. The minimum absolute atomic E-state index is 0.00917. The highest BCUT2D eigenvalue weighted by Crippen LogP contribution is 2.37. The molecule has 3 rings (SSSR count). The van der Waals surface area contributed by atoms with E-state index in [0.29, 0.717) is 0 Å². The second kappa shape index (κ2) is 20.1. The Kier molecular flexibility index (Phi) is 16.5. The van der Waals surface area contributed by atoms with Crippen molar-refractivity contribution in [3.63, 3.8) is 0 Å². The molecule has 1 aliphatic rings. The van der Waals surface area contributed by atoms with Crippen molar-refractivity contribution >= 4 is 38.3 Å². The fourth-order valence-electron chi connectivity index (χ4n) is 6.08. The van der Waals surface area contributed by atoms with E-state index in [1.54, 1.807) is 34.6 Å². The van der Waals surface area contributed by atoms with E-state index in [1.165, 1.54) is 11.8 Å². The highest BCUT2D eigenvalue weighted by atomic mass is 28.4. The lowest BCUT2D eigenvalue weighted by atomic mass is 9.99. The molecule has 1 aliphatic heterocycles. The number of carbonyl (C=O) groups is 5. The number of alkyl carbamates (subject to hydrolysis) is 2. The minimum atomic E-state index is -2.28. The standard InChI is InChI=1S/C42H63N3O10Si/c1-28(2)35(44-40(50)55-41(4,5)6)37(47)45-24-22-33(53-29(3)46)36(45)34(23-25-52-56(10,11)42(7,8)9)54-38(48)32(26-30-18-14-12-15-19-30)43-39(49)51-27-31-20-16-13-17-21-31/h12-21,28,32-36H,22-27H2,1-11H3,(H,43,49)(H,44,50)/t32-,33+,34-,35-,36-/m0/s1. The molecule has 3 amide bonds. The fraction of sp³-hybridized carbons (Fsp3) is 0.595. The summed E-state index contributed by atoms with van der Waals surface area (Å²) in [4.78, 5) is 68.9. The predicted octanol–water partition coefficient (Wildman–Crippen LogP) is 6.93. The van der Waals surface area contributed by atoms with E-state index in [9.17, 15) is 24.0 Å². The van der Waals surface area contributed by atoms with Gasteiger partial charge in [0.05, 0.1) is 0 Å². The maximum atomic E-state index is 14.5. The Labute approximate surface area is 333 Å². The lowest BCUT2D eigenvalue weighted by molar-refractivity contribution is -0.165. The third-order valence-corrected chi connectivity index (χ3v) is 14.5. The van der Waals surface area contributed by atoms with Gasteiger partial charge in [0, 0.05) is 39.3 Å². The summed E-state index contributed by atoms with van der Waals surface area (Å²) in [5, 5.41) is 5.31. The maximum Gasteiger partial charge on any atom is 0.408 e. The van der Waals surface area contributed by atoms with Crippen LogP contribution in [0.5, 0.6) is 0 Å². The molecule has 1 saturated heterocycles. The van der Waals surface area contributed by atoms with E-state index < -0.39 is 74.3 Å². The first-order valence-corrected chi connectivity index (χ1v) is 22.3. The molecule has 0 unspecified atom stereocenters. The Morgan fingerprint density at radius 1 is 0.857 bits per heavy atom. The molecule has 14 heteroatoms. The number of hydrogen-bond donors (Lipinski definition) is 2. The van der Waals surface area contributed by atoms with Crippen molar-refractivity contribution in [2.45, 2.75) is 142 Å². The number of benzene rings is 2. The summed E-state index contributed by atoms with van der Waals surface area (Å²) < 4.78 is 29.6. The Morgan fingerprint density at radius 3 is 1.98 bits per heavy atom. The van der Waals surface area contributed by atoms with Crippen molar-refractivity contribution in [2.24, 2.45) is 5.92 Å². The summed E-state index contributed by atoms with van der Waals surface area (Å²) in [5.41, 5.74) is 0.738. The second-order valence-corrected chi connectivity index (χ2v) is 22.0. The van der Waals surface area contributed by atoms with Crippen LogP contribution in [0.1, 0.15) is 86.3 Å². The zero-order chi connectivity index (χ0) is 41.8. The van der Waals surface area contributed by atoms with Crippen molar-refractivity contribution < 1.29 is 47.3 Å². The van der Waals surface area contributed by atoms with Crippen molar-refractivity contribution in [1.29, 1.82) is 0 Å². The minimum Gasteiger partial charge on any atom is -0.460 e. The zero-order valence-corrected chi connectivity index (χ0v) is 36.0. The Bertz CT molecular complexity index is 1610. The number of nitrogens with one attached hydrogen (secondary N) is 2. The van der Waals surface area contributed by atoms with Crippen LogP contribution < -0.4 is 10.6 Å². The maximum absolute atomic E-state index is 14.5. The van der Waals surface area contributed by atoms with Gasteiger partial charge in [-0.3, -0.25) is 9.59 Å². The molecule has 310 valence electrons. The van der Waals surface area contributed by atoms with Gasteiger partial charge in [0.1, 0.15) is 42.5 Å². The summed E-state index contributed by atoms with van der Waals surface area (Å²) in [6.45, 7) is 21.0. The summed E-state index contributed by atoms with van der Waals surface area (Å²) in [6, 6.07) is 15.2. The van der Waals surface area contributed by atoms with Crippen LogP contribution in [0.2, 0.25) is 18.1 Å². The lowest BCUT2D eigenvalue weighted by Crippen LogP contribution is -2.58. The Balaban J connectivity index is 2.01. The number of rotatable bonds is 16. The third kappa shape index (κ3) is 14.3. The van der Waals surface area contributed by atoms with Crippen LogP contribution in [-0.4, -0.2) is 92.3 Å². The number of likely N-dealkylation sites (tertiary alicyclic amines) is 1. The molecular weight excluding hydrogens is 735 g/mol. The van der Waals surface area contributed by atoms with Crippen LogP contribution >= 0.6 is 0 Å². The Morgan fingerprint density at radius 2 is 1.45 bits per heavy atom. The molecule has 0 radical (unpaired) electrons. The molecule has 56 heavy (non-hydrogen) atoms. The fourth-order valence-corrected chi connectivity index (χ4v) is 7.14. The average molecular weight is 798 g/mol. The zero-order valence-electron chi connectivity index (χ0n) is 35.0. The number of amides is 3. The van der Waals surface area contributed by atoms with Gasteiger partial charge >= 0.3 is 24.1 Å². The van der Waals surface area contributed by atoms with Crippen LogP contribution in [0.15, 0.2) is 60.7 Å². The van der Waals surface area contributed by atoms with Crippen molar-refractivity contribution in [1.82, 2.24) is 15.5 Å². The number of hydrogen-bond acceptors (Lipinski definition) is 10. The van der Waals surface area contributed by atoms with Crippen LogP contribution in [0.25, 0.3) is 0 Å². The first kappa shape index (κ1) is 46.0. The Hall–Kier alpha value is -4.43. The van der Waals surface area contributed by atoms with Gasteiger partial charge in [-0.25, -0.2) is 14.4 Å². The summed E-state index contributed by atoms with van der Waals surface area (Å²) in [5.74, 6) is -2.13. The van der Waals surface area contributed by atoms with Gasteiger partial charge in [-0.05, 0) is 55.9 Å². The van der Waals surface area contributed by atoms with Gasteiger partial charge < -0.3 is 38.9 Å². The van der Waals surface area contributed by atoms with Gasteiger partial charge in [-0.1, -0.05) is 95.3 Å². The van der Waals surface area contributed by atoms with Crippen LogP contribution in [0.4, 0.5) is 9.59 Å². The molecule has 2 N–H and O–H groups in total. The second-order valence-electron chi connectivity index (χ2n) is 17.1. The van der Waals surface area contributed by atoms with E-state index in [1.807, 2.05) is 60.7 Å². The number of nitrogens with zero attached hydrogens (tertiary/aromatic N) is 1. The summed E-state index contributed by atoms with van der Waals surface area (Å²) >= 11 is 0. The monoisotopic (exact) mass is 797 g/mol. The van der Waals surface area contributed by atoms with Crippen molar-refractivity contribution in [2.75, 3.05) is 13.2 Å². The molecule has 1 fully saturated rings. The molecule has 0 bridgehead atoms. The normalized spacial score (nSPS) is 17.7. The molecule has 0 aromatic heterocycles. The van der Waals surface area contributed by atoms with Crippen LogP contribution in [-0.2, 0) is 50.8 Å². The van der Waals surface area contributed by atoms with E-state index in [-0.39, 0.29) is 50.0 Å². The number of carbonyl (C=O) groups excluding carboxylic acids is 5. The van der Waals surface area contributed by atoms with Gasteiger partial charge in [0.25, 0.3) is 0 Å². The van der Waals surface area contributed by atoms with Gasteiger partial charge in [-0.15, -0.1) is 0 Å². The van der Waals surface area contributed by atoms with E-state index in [4.69, 9.17) is 23.4 Å². The molecular formula is C42H63N3O10Si. The highest BCUT2D eigenvalue weighted by molar-refractivity contribution is 6.74. The molecule has 0 saturated carbocycles. The summed E-state index contributed by atoms with van der Waals surface area (Å²) in [7, 11) is -2.28. The first-order chi connectivity index (χ1) is 26.1.